The number of halogens is 1. The van der Waals surface area contributed by atoms with E-state index < -0.39 is 0 Å². The number of benzene rings is 3. The van der Waals surface area contributed by atoms with Gasteiger partial charge in [0.1, 0.15) is 12.4 Å². The lowest BCUT2D eigenvalue weighted by atomic mass is 10.1. The van der Waals surface area contributed by atoms with E-state index in [-0.39, 0.29) is 5.91 Å². The van der Waals surface area contributed by atoms with Crippen LogP contribution in [0.3, 0.4) is 0 Å². The van der Waals surface area contributed by atoms with E-state index in [1.165, 1.54) is 16.9 Å². The lowest BCUT2D eigenvalue weighted by molar-refractivity contribution is 0.102. The summed E-state index contributed by atoms with van der Waals surface area (Å²) in [5.74, 6) is 0.592. The smallest absolute Gasteiger partial charge is 0.257 e. The molecule has 6 heteroatoms. The molecule has 4 rings (SSSR count). The molecule has 4 aromatic rings. The standard InChI is InChI=1S/C25H21BrN2O2S/c1-16-6-8-19(9-7-16)23-17(2)31-25(27-23)28-24(29)20-5-3-4-18(14-20)15-30-22-12-10-21(26)11-13-22/h3-14H,15H2,1-2H3,(H,27,28,29). The zero-order chi connectivity index (χ0) is 21.8. The summed E-state index contributed by atoms with van der Waals surface area (Å²) in [4.78, 5) is 18.5. The average molecular weight is 493 g/mol. The average Bonchev–Trinajstić information content (AvgIpc) is 3.14. The first-order valence-electron chi connectivity index (χ1n) is 9.81. The Bertz CT molecular complexity index is 1200. The molecule has 1 amide bonds. The predicted molar refractivity (Wildman–Crippen MR) is 130 cm³/mol. The van der Waals surface area contributed by atoms with E-state index in [1.54, 1.807) is 6.07 Å². The number of rotatable bonds is 6. The first kappa shape index (κ1) is 21.3. The van der Waals surface area contributed by atoms with Crippen molar-refractivity contribution < 1.29 is 9.53 Å². The molecule has 0 aliphatic rings. The summed E-state index contributed by atoms with van der Waals surface area (Å²) in [6.45, 7) is 4.46. The van der Waals surface area contributed by atoms with E-state index in [2.05, 4.69) is 57.4 Å². The fourth-order valence-electron chi connectivity index (χ4n) is 3.10. The van der Waals surface area contributed by atoms with Crippen LogP contribution in [0.5, 0.6) is 5.75 Å². The molecular weight excluding hydrogens is 472 g/mol. The van der Waals surface area contributed by atoms with Crippen LogP contribution in [0, 0.1) is 13.8 Å². The number of nitrogens with one attached hydrogen (secondary N) is 1. The maximum Gasteiger partial charge on any atom is 0.257 e. The number of amides is 1. The van der Waals surface area contributed by atoms with Crippen molar-refractivity contribution in [3.8, 4) is 17.0 Å². The maximum absolute atomic E-state index is 12.8. The molecule has 0 fully saturated rings. The summed E-state index contributed by atoms with van der Waals surface area (Å²) in [6, 6.07) is 23.3. The van der Waals surface area contributed by atoms with Gasteiger partial charge in [-0.05, 0) is 55.8 Å². The van der Waals surface area contributed by atoms with Crippen molar-refractivity contribution in [1.29, 1.82) is 0 Å². The van der Waals surface area contributed by atoms with Crippen LogP contribution in [0.15, 0.2) is 77.3 Å². The van der Waals surface area contributed by atoms with Gasteiger partial charge in [-0.1, -0.05) is 57.9 Å². The van der Waals surface area contributed by atoms with Gasteiger partial charge in [0.25, 0.3) is 5.91 Å². The Labute approximate surface area is 194 Å². The van der Waals surface area contributed by atoms with Crippen molar-refractivity contribution >= 4 is 38.3 Å². The van der Waals surface area contributed by atoms with Crippen LogP contribution in [0.4, 0.5) is 5.13 Å². The Kier molecular flexibility index (Phi) is 6.49. The molecule has 156 valence electrons. The van der Waals surface area contributed by atoms with Gasteiger partial charge in [-0.2, -0.15) is 0 Å². The summed E-state index contributed by atoms with van der Waals surface area (Å²) >= 11 is 4.89. The Morgan fingerprint density at radius 2 is 1.77 bits per heavy atom. The molecule has 1 aromatic heterocycles. The third-order valence-electron chi connectivity index (χ3n) is 4.75. The molecule has 0 bridgehead atoms. The van der Waals surface area contributed by atoms with Gasteiger partial charge in [0, 0.05) is 20.5 Å². The van der Waals surface area contributed by atoms with E-state index in [0.717, 1.165) is 31.9 Å². The van der Waals surface area contributed by atoms with E-state index in [0.29, 0.717) is 17.3 Å². The van der Waals surface area contributed by atoms with Crippen LogP contribution in [0.1, 0.15) is 26.4 Å². The number of hydrogen-bond acceptors (Lipinski definition) is 4. The van der Waals surface area contributed by atoms with Crippen LogP contribution in [0.25, 0.3) is 11.3 Å². The maximum atomic E-state index is 12.8. The first-order chi connectivity index (χ1) is 15.0. The summed E-state index contributed by atoms with van der Waals surface area (Å²) in [6.07, 6.45) is 0. The molecule has 0 unspecified atom stereocenters. The highest BCUT2D eigenvalue weighted by Gasteiger charge is 2.13. The molecule has 0 aliphatic heterocycles. The number of carbonyl (C=O) groups is 1. The number of aryl methyl sites for hydroxylation is 2. The molecular formula is C25H21BrN2O2S. The fraction of sp³-hybridized carbons (Fsp3) is 0.120. The number of ether oxygens (including phenoxy) is 1. The number of aromatic nitrogens is 1. The molecule has 0 atom stereocenters. The van der Waals surface area contributed by atoms with E-state index in [4.69, 9.17) is 4.74 Å². The van der Waals surface area contributed by atoms with Crippen LogP contribution in [0.2, 0.25) is 0 Å². The van der Waals surface area contributed by atoms with Crippen LogP contribution < -0.4 is 10.1 Å². The second-order valence-electron chi connectivity index (χ2n) is 7.19. The highest BCUT2D eigenvalue weighted by atomic mass is 79.9. The lowest BCUT2D eigenvalue weighted by Crippen LogP contribution is -2.12. The Hall–Kier alpha value is -2.96. The van der Waals surface area contributed by atoms with Crippen LogP contribution in [-0.4, -0.2) is 10.9 Å². The number of anilines is 1. The SMILES string of the molecule is Cc1ccc(-c2nc(NC(=O)c3cccc(COc4ccc(Br)cc4)c3)sc2C)cc1. The van der Waals surface area contributed by atoms with E-state index >= 15 is 0 Å². The summed E-state index contributed by atoms with van der Waals surface area (Å²) in [5, 5.41) is 3.52. The Balaban J connectivity index is 1.44. The highest BCUT2D eigenvalue weighted by Crippen LogP contribution is 2.30. The number of carbonyl (C=O) groups excluding carboxylic acids is 1. The highest BCUT2D eigenvalue weighted by molar-refractivity contribution is 9.10. The lowest BCUT2D eigenvalue weighted by Gasteiger charge is -2.08. The topological polar surface area (TPSA) is 51.2 Å². The zero-order valence-corrected chi connectivity index (χ0v) is 19.6. The monoisotopic (exact) mass is 492 g/mol. The van der Waals surface area contributed by atoms with E-state index in [9.17, 15) is 4.79 Å². The van der Waals surface area contributed by atoms with Crippen molar-refractivity contribution in [1.82, 2.24) is 4.98 Å². The quantitative estimate of drug-likeness (QED) is 0.314. The number of hydrogen-bond donors (Lipinski definition) is 1. The van der Waals surface area contributed by atoms with Gasteiger partial charge in [-0.3, -0.25) is 10.1 Å². The summed E-state index contributed by atoms with van der Waals surface area (Å²) in [7, 11) is 0. The molecule has 4 nitrogen and oxygen atoms in total. The summed E-state index contributed by atoms with van der Waals surface area (Å²) in [5.41, 5.74) is 4.64. The van der Waals surface area contributed by atoms with Crippen molar-refractivity contribution in [2.45, 2.75) is 20.5 Å². The molecule has 0 spiro atoms. The number of nitrogens with zero attached hydrogens (tertiary/aromatic N) is 1. The minimum Gasteiger partial charge on any atom is -0.489 e. The molecule has 0 radical (unpaired) electrons. The molecule has 0 saturated heterocycles. The van der Waals surface area contributed by atoms with Gasteiger partial charge in [-0.25, -0.2) is 4.98 Å². The van der Waals surface area contributed by atoms with Gasteiger partial charge in [-0.15, -0.1) is 11.3 Å². The Morgan fingerprint density at radius 3 is 2.52 bits per heavy atom. The second kappa shape index (κ2) is 9.45. The number of thiazole rings is 1. The first-order valence-corrected chi connectivity index (χ1v) is 11.4. The second-order valence-corrected chi connectivity index (χ2v) is 9.31. The predicted octanol–water partition coefficient (Wildman–Crippen LogP) is 7.02. The van der Waals surface area contributed by atoms with Gasteiger partial charge in [0.15, 0.2) is 5.13 Å². The minimum absolute atomic E-state index is 0.185. The summed E-state index contributed by atoms with van der Waals surface area (Å²) < 4.78 is 6.82. The van der Waals surface area contributed by atoms with Crippen molar-refractivity contribution in [2.24, 2.45) is 0 Å². The zero-order valence-electron chi connectivity index (χ0n) is 17.2. The molecule has 3 aromatic carbocycles. The normalized spacial score (nSPS) is 10.7. The molecule has 1 heterocycles. The van der Waals surface area contributed by atoms with Crippen molar-refractivity contribution in [3.05, 3.63) is 98.8 Å². The van der Waals surface area contributed by atoms with Crippen molar-refractivity contribution in [2.75, 3.05) is 5.32 Å². The van der Waals surface area contributed by atoms with Crippen LogP contribution in [-0.2, 0) is 6.61 Å². The minimum atomic E-state index is -0.185. The van der Waals surface area contributed by atoms with E-state index in [1.807, 2.05) is 49.4 Å². The fourth-order valence-corrected chi connectivity index (χ4v) is 4.19. The Morgan fingerprint density at radius 1 is 1.03 bits per heavy atom. The largest absolute Gasteiger partial charge is 0.489 e. The van der Waals surface area contributed by atoms with Gasteiger partial charge < -0.3 is 4.74 Å². The molecule has 0 saturated carbocycles. The third kappa shape index (κ3) is 5.40. The molecule has 31 heavy (non-hydrogen) atoms. The van der Waals surface area contributed by atoms with Gasteiger partial charge in [0.2, 0.25) is 0 Å². The van der Waals surface area contributed by atoms with Gasteiger partial charge >= 0.3 is 0 Å². The van der Waals surface area contributed by atoms with Crippen molar-refractivity contribution in [3.63, 3.8) is 0 Å². The molecule has 1 N–H and O–H groups in total. The van der Waals surface area contributed by atoms with Crippen LogP contribution >= 0.6 is 27.3 Å². The molecule has 0 aliphatic carbocycles. The third-order valence-corrected chi connectivity index (χ3v) is 6.17. The van der Waals surface area contributed by atoms with Gasteiger partial charge in [0.05, 0.1) is 5.69 Å².